The molecule has 7 nitrogen and oxygen atoms in total. The molecule has 4 N–H and O–H groups in total. The summed E-state index contributed by atoms with van der Waals surface area (Å²) in [7, 11) is 0. The number of rotatable bonds is 6. The lowest BCUT2D eigenvalue weighted by atomic mass is 10.2. The third-order valence-electron chi connectivity index (χ3n) is 3.27. The van der Waals surface area contributed by atoms with Crippen LogP contribution in [0.3, 0.4) is 0 Å². The van der Waals surface area contributed by atoms with Crippen LogP contribution in [-0.2, 0) is 4.79 Å². The summed E-state index contributed by atoms with van der Waals surface area (Å²) in [5.41, 5.74) is 1.18. The molecule has 0 spiro atoms. The second-order valence-electron chi connectivity index (χ2n) is 5.40. The molecule has 138 valence electrons. The topological polar surface area (TPSA) is 99.7 Å². The molecule has 1 atom stereocenters. The lowest BCUT2D eigenvalue weighted by Crippen LogP contribution is -2.26. The molecule has 2 aromatic carbocycles. The first kappa shape index (κ1) is 19.6. The van der Waals surface area contributed by atoms with E-state index in [1.54, 1.807) is 42.5 Å². The fourth-order valence-corrected chi connectivity index (χ4v) is 2.27. The summed E-state index contributed by atoms with van der Waals surface area (Å²) < 4.78 is 5.42. The summed E-state index contributed by atoms with van der Waals surface area (Å²) in [6, 6.07) is 11.0. The number of ether oxygens (including phenoxy) is 1. The number of carbonyl (C=O) groups is 2. The van der Waals surface area contributed by atoms with E-state index < -0.39 is 18.0 Å². The average Bonchev–Trinajstić information content (AvgIpc) is 2.57. The van der Waals surface area contributed by atoms with Crippen molar-refractivity contribution in [2.24, 2.45) is 0 Å². The van der Waals surface area contributed by atoms with E-state index in [-0.39, 0.29) is 0 Å². The Kier molecular flexibility index (Phi) is 6.82. The van der Waals surface area contributed by atoms with E-state index in [0.29, 0.717) is 34.4 Å². The smallest absolute Gasteiger partial charge is 0.323 e. The first-order valence-corrected chi connectivity index (χ1v) is 8.36. The number of anilines is 3. The van der Waals surface area contributed by atoms with Crippen molar-refractivity contribution in [3.05, 3.63) is 47.5 Å². The SMILES string of the molecule is CCOc1ccc(NC(=O)[C@H](C)O)c(NC(=O)Nc2cccc(Cl)c2)c1. The molecule has 0 fully saturated rings. The van der Waals surface area contributed by atoms with Crippen molar-refractivity contribution >= 4 is 40.6 Å². The molecule has 0 bridgehead atoms. The van der Waals surface area contributed by atoms with Crippen molar-refractivity contribution in [2.75, 3.05) is 22.6 Å². The van der Waals surface area contributed by atoms with E-state index in [2.05, 4.69) is 16.0 Å². The Balaban J connectivity index is 2.19. The molecule has 0 aliphatic rings. The van der Waals surface area contributed by atoms with Gasteiger partial charge in [-0.1, -0.05) is 17.7 Å². The Morgan fingerprint density at radius 1 is 1.12 bits per heavy atom. The Hall–Kier alpha value is -2.77. The van der Waals surface area contributed by atoms with Crippen LogP contribution in [0.4, 0.5) is 21.9 Å². The number of urea groups is 1. The molecule has 2 aromatic rings. The second kappa shape index (κ2) is 9.07. The molecule has 26 heavy (non-hydrogen) atoms. The lowest BCUT2D eigenvalue weighted by Gasteiger charge is -2.15. The number of nitrogens with one attached hydrogen (secondary N) is 3. The maximum absolute atomic E-state index is 12.3. The van der Waals surface area contributed by atoms with E-state index in [9.17, 15) is 14.7 Å². The van der Waals surface area contributed by atoms with Gasteiger partial charge in [0.25, 0.3) is 5.91 Å². The van der Waals surface area contributed by atoms with Crippen molar-refractivity contribution in [3.63, 3.8) is 0 Å². The zero-order valence-electron chi connectivity index (χ0n) is 14.4. The number of carbonyl (C=O) groups excluding carboxylic acids is 2. The predicted molar refractivity (Wildman–Crippen MR) is 102 cm³/mol. The number of amides is 3. The zero-order valence-corrected chi connectivity index (χ0v) is 15.1. The van der Waals surface area contributed by atoms with Gasteiger partial charge in [-0.3, -0.25) is 4.79 Å². The van der Waals surface area contributed by atoms with E-state index in [1.807, 2.05) is 6.92 Å². The van der Waals surface area contributed by atoms with Gasteiger partial charge in [0.1, 0.15) is 11.9 Å². The summed E-state index contributed by atoms with van der Waals surface area (Å²) in [5, 5.41) is 17.7. The van der Waals surface area contributed by atoms with Gasteiger partial charge in [0, 0.05) is 16.8 Å². The maximum Gasteiger partial charge on any atom is 0.323 e. The Morgan fingerprint density at radius 3 is 2.54 bits per heavy atom. The van der Waals surface area contributed by atoms with Crippen LogP contribution in [0.1, 0.15) is 13.8 Å². The molecule has 0 unspecified atom stereocenters. The minimum Gasteiger partial charge on any atom is -0.494 e. The van der Waals surface area contributed by atoms with Crippen LogP contribution >= 0.6 is 11.6 Å². The van der Waals surface area contributed by atoms with Gasteiger partial charge in [0.2, 0.25) is 0 Å². The number of aliphatic hydroxyl groups is 1. The Morgan fingerprint density at radius 2 is 1.88 bits per heavy atom. The lowest BCUT2D eigenvalue weighted by molar-refractivity contribution is -0.123. The molecule has 0 aromatic heterocycles. The summed E-state index contributed by atoms with van der Waals surface area (Å²) in [6.07, 6.45) is -1.19. The average molecular weight is 378 g/mol. The Bertz CT molecular complexity index is 796. The van der Waals surface area contributed by atoms with E-state index in [4.69, 9.17) is 16.3 Å². The molecule has 0 aliphatic carbocycles. The quantitative estimate of drug-likeness (QED) is 0.616. The maximum atomic E-state index is 12.3. The van der Waals surface area contributed by atoms with Gasteiger partial charge < -0.3 is 25.8 Å². The van der Waals surface area contributed by atoms with Crippen molar-refractivity contribution in [2.45, 2.75) is 20.0 Å². The van der Waals surface area contributed by atoms with Crippen LogP contribution in [-0.4, -0.2) is 29.8 Å². The predicted octanol–water partition coefficient (Wildman–Crippen LogP) is 3.70. The van der Waals surface area contributed by atoms with Crippen molar-refractivity contribution in [1.29, 1.82) is 0 Å². The van der Waals surface area contributed by atoms with Gasteiger partial charge in [-0.2, -0.15) is 0 Å². The highest BCUT2D eigenvalue weighted by molar-refractivity contribution is 6.30. The highest BCUT2D eigenvalue weighted by Crippen LogP contribution is 2.28. The highest BCUT2D eigenvalue weighted by atomic mass is 35.5. The number of halogens is 1. The normalized spacial score (nSPS) is 11.4. The number of benzene rings is 2. The van der Waals surface area contributed by atoms with Crippen molar-refractivity contribution in [1.82, 2.24) is 0 Å². The number of aliphatic hydroxyl groups excluding tert-OH is 1. The standard InChI is InChI=1S/C18H20ClN3O4/c1-3-26-14-7-8-15(21-17(24)11(2)23)16(10-14)22-18(25)20-13-6-4-5-12(19)9-13/h4-11,23H,3H2,1-2H3,(H,21,24)(H2,20,22,25)/t11-/m0/s1. The minimum atomic E-state index is -1.19. The van der Waals surface area contributed by atoms with Crippen LogP contribution in [0.15, 0.2) is 42.5 Å². The summed E-state index contributed by atoms with van der Waals surface area (Å²) in [5.74, 6) is -0.0620. The van der Waals surface area contributed by atoms with Crippen LogP contribution in [0.2, 0.25) is 5.02 Å². The molecule has 0 aliphatic heterocycles. The Labute approximate surface area is 156 Å². The molecule has 8 heteroatoms. The third kappa shape index (κ3) is 5.65. The van der Waals surface area contributed by atoms with Gasteiger partial charge in [-0.15, -0.1) is 0 Å². The second-order valence-corrected chi connectivity index (χ2v) is 5.83. The van der Waals surface area contributed by atoms with Gasteiger partial charge in [0.15, 0.2) is 0 Å². The van der Waals surface area contributed by atoms with Gasteiger partial charge >= 0.3 is 6.03 Å². The molecule has 0 radical (unpaired) electrons. The van der Waals surface area contributed by atoms with E-state index >= 15 is 0 Å². The summed E-state index contributed by atoms with van der Waals surface area (Å²) in [4.78, 5) is 24.0. The fraction of sp³-hybridized carbons (Fsp3) is 0.222. The van der Waals surface area contributed by atoms with Gasteiger partial charge in [-0.05, 0) is 44.2 Å². The zero-order chi connectivity index (χ0) is 19.1. The number of hydrogen-bond donors (Lipinski definition) is 4. The summed E-state index contributed by atoms with van der Waals surface area (Å²) in [6.45, 7) is 3.64. The van der Waals surface area contributed by atoms with Crippen LogP contribution < -0.4 is 20.7 Å². The molecular formula is C18H20ClN3O4. The van der Waals surface area contributed by atoms with E-state index in [1.165, 1.54) is 6.92 Å². The van der Waals surface area contributed by atoms with Crippen LogP contribution in [0, 0.1) is 0 Å². The largest absolute Gasteiger partial charge is 0.494 e. The molecule has 3 amide bonds. The monoisotopic (exact) mass is 377 g/mol. The van der Waals surface area contributed by atoms with Gasteiger partial charge in [0.05, 0.1) is 18.0 Å². The summed E-state index contributed by atoms with van der Waals surface area (Å²) >= 11 is 5.90. The highest BCUT2D eigenvalue weighted by Gasteiger charge is 2.14. The molecule has 0 saturated carbocycles. The van der Waals surface area contributed by atoms with Crippen molar-refractivity contribution < 1.29 is 19.4 Å². The third-order valence-corrected chi connectivity index (χ3v) is 3.51. The first-order chi connectivity index (χ1) is 12.4. The van der Waals surface area contributed by atoms with Crippen LogP contribution in [0.5, 0.6) is 5.75 Å². The molecule has 0 heterocycles. The number of hydrogen-bond acceptors (Lipinski definition) is 4. The molecule has 0 saturated heterocycles. The molecular weight excluding hydrogens is 358 g/mol. The van der Waals surface area contributed by atoms with Crippen molar-refractivity contribution in [3.8, 4) is 5.75 Å². The molecule has 2 rings (SSSR count). The minimum absolute atomic E-state index is 0.324. The van der Waals surface area contributed by atoms with Gasteiger partial charge in [-0.25, -0.2) is 4.79 Å². The van der Waals surface area contributed by atoms with Crippen LogP contribution in [0.25, 0.3) is 0 Å². The fourth-order valence-electron chi connectivity index (χ4n) is 2.08. The van der Waals surface area contributed by atoms with E-state index in [0.717, 1.165) is 0 Å². The first-order valence-electron chi connectivity index (χ1n) is 7.98.